The van der Waals surface area contributed by atoms with Crippen molar-refractivity contribution in [1.82, 2.24) is 4.98 Å². The number of rotatable bonds is 4. The summed E-state index contributed by atoms with van der Waals surface area (Å²) < 4.78 is 0. The quantitative estimate of drug-likeness (QED) is 0.753. The number of carbonyl (C=O) groups is 1. The van der Waals surface area contributed by atoms with Gasteiger partial charge >= 0.3 is 0 Å². The molecule has 0 saturated heterocycles. The smallest absolute Gasteiger partial charge is 0.241 e. The van der Waals surface area contributed by atoms with Crippen LogP contribution in [0.15, 0.2) is 24.5 Å². The van der Waals surface area contributed by atoms with Gasteiger partial charge in [0.05, 0.1) is 17.9 Å². The fourth-order valence-corrected chi connectivity index (χ4v) is 1.11. The van der Waals surface area contributed by atoms with Crippen molar-refractivity contribution in [3.63, 3.8) is 0 Å². The minimum absolute atomic E-state index is 0.153. The summed E-state index contributed by atoms with van der Waals surface area (Å²) >= 11 is 0. The van der Waals surface area contributed by atoms with Crippen LogP contribution in [-0.2, 0) is 4.79 Å². The monoisotopic (exact) mass is 193 g/mol. The Morgan fingerprint density at radius 1 is 1.71 bits per heavy atom. The first kappa shape index (κ1) is 10.7. The third kappa shape index (κ3) is 3.14. The Hall–Kier alpha value is -1.42. The maximum atomic E-state index is 11.4. The van der Waals surface area contributed by atoms with E-state index < -0.39 is 6.04 Å². The first-order valence-corrected chi connectivity index (χ1v) is 4.70. The van der Waals surface area contributed by atoms with Crippen molar-refractivity contribution in [2.24, 2.45) is 5.73 Å². The van der Waals surface area contributed by atoms with Gasteiger partial charge in [0.2, 0.25) is 5.91 Å². The van der Waals surface area contributed by atoms with E-state index in [-0.39, 0.29) is 5.91 Å². The Kier molecular flexibility index (Phi) is 4.07. The van der Waals surface area contributed by atoms with Crippen molar-refractivity contribution in [3.05, 3.63) is 24.5 Å². The molecule has 76 valence electrons. The lowest BCUT2D eigenvalue weighted by Crippen LogP contribution is -2.35. The summed E-state index contributed by atoms with van der Waals surface area (Å²) in [5, 5.41) is 2.70. The average molecular weight is 193 g/mol. The van der Waals surface area contributed by atoms with Crippen LogP contribution >= 0.6 is 0 Å². The van der Waals surface area contributed by atoms with Crippen LogP contribution in [0.3, 0.4) is 0 Å². The van der Waals surface area contributed by atoms with Crippen LogP contribution in [0.1, 0.15) is 19.8 Å². The number of amides is 1. The second-order valence-corrected chi connectivity index (χ2v) is 3.13. The van der Waals surface area contributed by atoms with Crippen LogP contribution in [0, 0.1) is 0 Å². The SMILES string of the molecule is CCC[C@H](N)C(=O)Nc1cccnc1. The van der Waals surface area contributed by atoms with Gasteiger partial charge in [-0.2, -0.15) is 0 Å². The minimum atomic E-state index is -0.430. The first-order chi connectivity index (χ1) is 6.74. The van der Waals surface area contributed by atoms with E-state index >= 15 is 0 Å². The number of nitrogens with two attached hydrogens (primary N) is 1. The lowest BCUT2D eigenvalue weighted by Gasteiger charge is -2.10. The predicted octanol–water partition coefficient (Wildman–Crippen LogP) is 1.15. The summed E-state index contributed by atoms with van der Waals surface area (Å²) in [5.74, 6) is -0.153. The summed E-state index contributed by atoms with van der Waals surface area (Å²) in [4.78, 5) is 15.3. The maximum absolute atomic E-state index is 11.4. The van der Waals surface area contributed by atoms with E-state index in [4.69, 9.17) is 5.73 Å². The topological polar surface area (TPSA) is 68.0 Å². The largest absolute Gasteiger partial charge is 0.323 e. The molecule has 4 nitrogen and oxygen atoms in total. The Morgan fingerprint density at radius 2 is 2.50 bits per heavy atom. The number of carbonyl (C=O) groups excluding carboxylic acids is 1. The van der Waals surface area contributed by atoms with Crippen molar-refractivity contribution in [1.29, 1.82) is 0 Å². The Bertz CT molecular complexity index is 287. The zero-order chi connectivity index (χ0) is 10.4. The van der Waals surface area contributed by atoms with Gasteiger partial charge in [0.15, 0.2) is 0 Å². The van der Waals surface area contributed by atoms with Gasteiger partial charge in [0, 0.05) is 6.20 Å². The molecule has 1 amide bonds. The van der Waals surface area contributed by atoms with E-state index in [2.05, 4.69) is 10.3 Å². The van der Waals surface area contributed by atoms with E-state index in [9.17, 15) is 4.79 Å². The van der Waals surface area contributed by atoms with Crippen LogP contribution < -0.4 is 11.1 Å². The van der Waals surface area contributed by atoms with Gasteiger partial charge in [0.1, 0.15) is 0 Å². The summed E-state index contributed by atoms with van der Waals surface area (Å²) in [6, 6.07) is 3.12. The highest BCUT2D eigenvalue weighted by Gasteiger charge is 2.11. The summed E-state index contributed by atoms with van der Waals surface area (Å²) in [6.07, 6.45) is 4.85. The van der Waals surface area contributed by atoms with Crippen molar-refractivity contribution in [3.8, 4) is 0 Å². The number of pyridine rings is 1. The van der Waals surface area contributed by atoms with E-state index in [0.29, 0.717) is 12.1 Å². The third-order valence-electron chi connectivity index (χ3n) is 1.87. The van der Waals surface area contributed by atoms with Crippen LogP contribution in [0.25, 0.3) is 0 Å². The molecule has 0 radical (unpaired) electrons. The van der Waals surface area contributed by atoms with Crippen molar-refractivity contribution in [2.75, 3.05) is 5.32 Å². The number of nitrogens with one attached hydrogen (secondary N) is 1. The van der Waals surface area contributed by atoms with Crippen LogP contribution in [0.4, 0.5) is 5.69 Å². The molecule has 0 unspecified atom stereocenters. The van der Waals surface area contributed by atoms with Gasteiger partial charge in [-0.3, -0.25) is 9.78 Å². The summed E-state index contributed by atoms with van der Waals surface area (Å²) in [7, 11) is 0. The molecular weight excluding hydrogens is 178 g/mol. The Balaban J connectivity index is 2.49. The summed E-state index contributed by atoms with van der Waals surface area (Å²) in [6.45, 7) is 2.00. The number of hydrogen-bond donors (Lipinski definition) is 2. The lowest BCUT2D eigenvalue weighted by atomic mass is 10.1. The van der Waals surface area contributed by atoms with Gasteiger partial charge in [-0.15, -0.1) is 0 Å². The molecule has 0 aliphatic heterocycles. The molecule has 14 heavy (non-hydrogen) atoms. The molecule has 0 aliphatic carbocycles. The van der Waals surface area contributed by atoms with Gasteiger partial charge in [0.25, 0.3) is 0 Å². The normalized spacial score (nSPS) is 12.1. The Morgan fingerprint density at radius 3 is 3.07 bits per heavy atom. The highest BCUT2D eigenvalue weighted by molar-refractivity contribution is 5.94. The Labute approximate surface area is 83.5 Å². The zero-order valence-electron chi connectivity index (χ0n) is 8.23. The highest BCUT2D eigenvalue weighted by Crippen LogP contribution is 2.04. The third-order valence-corrected chi connectivity index (χ3v) is 1.87. The predicted molar refractivity (Wildman–Crippen MR) is 55.8 cm³/mol. The number of hydrogen-bond acceptors (Lipinski definition) is 3. The molecule has 4 heteroatoms. The van der Waals surface area contributed by atoms with E-state index in [0.717, 1.165) is 6.42 Å². The number of anilines is 1. The number of nitrogens with zero attached hydrogens (tertiary/aromatic N) is 1. The van der Waals surface area contributed by atoms with Gasteiger partial charge in [-0.25, -0.2) is 0 Å². The molecule has 0 saturated carbocycles. The molecule has 0 fully saturated rings. The van der Waals surface area contributed by atoms with E-state index in [1.54, 1.807) is 24.5 Å². The molecule has 0 aromatic carbocycles. The fourth-order valence-electron chi connectivity index (χ4n) is 1.11. The molecule has 1 aromatic rings. The highest BCUT2D eigenvalue weighted by atomic mass is 16.2. The zero-order valence-corrected chi connectivity index (χ0v) is 8.23. The molecule has 1 rings (SSSR count). The van der Waals surface area contributed by atoms with Gasteiger partial charge in [-0.1, -0.05) is 13.3 Å². The maximum Gasteiger partial charge on any atom is 0.241 e. The van der Waals surface area contributed by atoms with Crippen molar-refractivity contribution in [2.45, 2.75) is 25.8 Å². The van der Waals surface area contributed by atoms with E-state index in [1.165, 1.54) is 0 Å². The van der Waals surface area contributed by atoms with Crippen LogP contribution in [-0.4, -0.2) is 16.9 Å². The van der Waals surface area contributed by atoms with Crippen molar-refractivity contribution >= 4 is 11.6 Å². The van der Waals surface area contributed by atoms with Gasteiger partial charge < -0.3 is 11.1 Å². The minimum Gasteiger partial charge on any atom is -0.323 e. The molecule has 1 atom stereocenters. The first-order valence-electron chi connectivity index (χ1n) is 4.70. The molecule has 0 bridgehead atoms. The summed E-state index contributed by atoms with van der Waals surface area (Å²) in [5.41, 5.74) is 6.33. The van der Waals surface area contributed by atoms with E-state index in [1.807, 2.05) is 6.92 Å². The molecule has 1 heterocycles. The molecule has 0 aliphatic rings. The standard InChI is InChI=1S/C10H15N3O/c1-2-4-9(11)10(14)13-8-5-3-6-12-7-8/h3,5-7,9H,2,4,11H2,1H3,(H,13,14)/t9-/m0/s1. The van der Waals surface area contributed by atoms with Crippen LogP contribution in [0.5, 0.6) is 0 Å². The fraction of sp³-hybridized carbons (Fsp3) is 0.400. The molecular formula is C10H15N3O. The second-order valence-electron chi connectivity index (χ2n) is 3.13. The lowest BCUT2D eigenvalue weighted by molar-refractivity contribution is -0.117. The average Bonchev–Trinajstić information content (AvgIpc) is 2.19. The number of aromatic nitrogens is 1. The second kappa shape index (κ2) is 5.34. The molecule has 1 aromatic heterocycles. The van der Waals surface area contributed by atoms with Crippen molar-refractivity contribution < 1.29 is 4.79 Å². The molecule has 0 spiro atoms. The van der Waals surface area contributed by atoms with Crippen LogP contribution in [0.2, 0.25) is 0 Å². The molecule has 3 N–H and O–H groups in total. The van der Waals surface area contributed by atoms with Gasteiger partial charge in [-0.05, 0) is 18.6 Å².